The molecule has 26 heavy (non-hydrogen) atoms. The number of carbonyl (C=O) groups is 1. The molecule has 7 heteroatoms. The van der Waals surface area contributed by atoms with Gasteiger partial charge in [0.25, 0.3) is 5.89 Å². The van der Waals surface area contributed by atoms with Gasteiger partial charge in [-0.2, -0.15) is 0 Å². The van der Waals surface area contributed by atoms with Crippen molar-refractivity contribution < 1.29 is 23.4 Å². The van der Waals surface area contributed by atoms with Gasteiger partial charge in [0, 0.05) is 5.56 Å². The number of hydrogen-bond donors (Lipinski definition) is 0. The highest BCUT2D eigenvalue weighted by molar-refractivity contribution is 5.76. The minimum Gasteiger partial charge on any atom is -0.482 e. The van der Waals surface area contributed by atoms with Crippen LogP contribution in [0.1, 0.15) is 12.8 Å². The maximum atomic E-state index is 12.4. The highest BCUT2D eigenvalue weighted by atomic mass is 16.6. The third kappa shape index (κ3) is 3.23. The summed E-state index contributed by atoms with van der Waals surface area (Å²) < 4.78 is 22.2. The molecule has 3 aromatic rings. The third-order valence-corrected chi connectivity index (χ3v) is 3.90. The smallest absolute Gasteiger partial charge is 0.351 e. The number of fused-ring (bicyclic) bond motifs is 1. The van der Waals surface area contributed by atoms with Gasteiger partial charge in [0.1, 0.15) is 6.10 Å². The summed E-state index contributed by atoms with van der Waals surface area (Å²) in [6, 6.07) is 16.5. The van der Waals surface area contributed by atoms with E-state index in [1.54, 1.807) is 19.1 Å². The Kier molecular flexibility index (Phi) is 4.27. The second kappa shape index (κ2) is 6.87. The van der Waals surface area contributed by atoms with Crippen molar-refractivity contribution in [3.63, 3.8) is 0 Å². The predicted molar refractivity (Wildman–Crippen MR) is 90.5 cm³/mol. The van der Waals surface area contributed by atoms with Gasteiger partial charge in [-0.3, -0.25) is 0 Å². The van der Waals surface area contributed by atoms with Crippen LogP contribution >= 0.6 is 0 Å². The van der Waals surface area contributed by atoms with E-state index in [0.29, 0.717) is 17.4 Å². The molecule has 4 rings (SSSR count). The molecular formula is C19H16N2O5. The van der Waals surface area contributed by atoms with Crippen LogP contribution in [-0.2, 0) is 16.1 Å². The van der Waals surface area contributed by atoms with Crippen LogP contribution in [0, 0.1) is 0 Å². The first-order valence-electron chi connectivity index (χ1n) is 8.17. The summed E-state index contributed by atoms with van der Waals surface area (Å²) in [4.78, 5) is 12.4. The highest BCUT2D eigenvalue weighted by Crippen LogP contribution is 2.33. The molecule has 0 radical (unpaired) electrons. The van der Waals surface area contributed by atoms with E-state index in [9.17, 15) is 4.79 Å². The van der Waals surface area contributed by atoms with E-state index in [1.165, 1.54) is 0 Å². The van der Waals surface area contributed by atoms with E-state index >= 15 is 0 Å². The number of para-hydroxylation sites is 2. The van der Waals surface area contributed by atoms with Crippen LogP contribution < -0.4 is 9.47 Å². The summed E-state index contributed by atoms with van der Waals surface area (Å²) in [5.74, 6) is 1.15. The predicted octanol–water partition coefficient (Wildman–Crippen LogP) is 3.01. The molecule has 132 valence electrons. The van der Waals surface area contributed by atoms with Gasteiger partial charge >= 0.3 is 5.97 Å². The molecule has 0 spiro atoms. The zero-order chi connectivity index (χ0) is 17.9. The fraction of sp³-hybridized carbons (Fsp3) is 0.211. The molecule has 7 nitrogen and oxygen atoms in total. The first-order chi connectivity index (χ1) is 12.7. The molecule has 0 fully saturated rings. The van der Waals surface area contributed by atoms with Gasteiger partial charge in [-0.15, -0.1) is 10.2 Å². The van der Waals surface area contributed by atoms with Crippen LogP contribution in [0.3, 0.4) is 0 Å². The fourth-order valence-electron chi connectivity index (χ4n) is 2.60. The van der Waals surface area contributed by atoms with Crippen LogP contribution in [0.4, 0.5) is 0 Å². The standard InChI is InChI=1S/C19H16N2O5/c1-12-17(25-15-10-6-5-9-14(15)24-12)19(22)23-11-16-20-21-18(26-16)13-7-3-2-4-8-13/h2-10,12,17H,11H2,1H3/t12-,17+/m1/s1. The summed E-state index contributed by atoms with van der Waals surface area (Å²) in [5.41, 5.74) is 0.798. The van der Waals surface area contributed by atoms with Gasteiger partial charge in [0.15, 0.2) is 18.1 Å². The summed E-state index contributed by atoms with van der Waals surface area (Å²) in [7, 11) is 0. The average Bonchev–Trinajstić information content (AvgIpc) is 3.15. The Labute approximate surface area is 149 Å². The summed E-state index contributed by atoms with van der Waals surface area (Å²) in [6.07, 6.45) is -1.33. The summed E-state index contributed by atoms with van der Waals surface area (Å²) >= 11 is 0. The average molecular weight is 352 g/mol. The first kappa shape index (κ1) is 16.1. The molecule has 0 saturated carbocycles. The van der Waals surface area contributed by atoms with Gasteiger partial charge in [-0.25, -0.2) is 4.79 Å². The number of carbonyl (C=O) groups excluding carboxylic acids is 1. The molecule has 0 bridgehead atoms. The topological polar surface area (TPSA) is 83.7 Å². The molecule has 2 aromatic carbocycles. The van der Waals surface area contributed by atoms with Crippen molar-refractivity contribution in [3.05, 3.63) is 60.5 Å². The lowest BCUT2D eigenvalue weighted by atomic mass is 10.2. The molecule has 0 amide bonds. The van der Waals surface area contributed by atoms with Crippen molar-refractivity contribution in [3.8, 4) is 23.0 Å². The molecule has 0 unspecified atom stereocenters. The fourth-order valence-corrected chi connectivity index (χ4v) is 2.60. The van der Waals surface area contributed by atoms with Gasteiger partial charge in [0.2, 0.25) is 12.0 Å². The normalized spacial score (nSPS) is 18.3. The lowest BCUT2D eigenvalue weighted by molar-refractivity contribution is -0.159. The zero-order valence-corrected chi connectivity index (χ0v) is 14.0. The zero-order valence-electron chi connectivity index (χ0n) is 14.0. The van der Waals surface area contributed by atoms with E-state index in [4.69, 9.17) is 18.6 Å². The number of esters is 1. The van der Waals surface area contributed by atoms with E-state index < -0.39 is 18.2 Å². The van der Waals surface area contributed by atoms with Crippen LogP contribution in [-0.4, -0.2) is 28.4 Å². The van der Waals surface area contributed by atoms with Crippen LogP contribution in [0.15, 0.2) is 59.0 Å². The number of benzene rings is 2. The lowest BCUT2D eigenvalue weighted by Gasteiger charge is -2.30. The maximum absolute atomic E-state index is 12.4. The van der Waals surface area contributed by atoms with E-state index in [1.807, 2.05) is 42.5 Å². The molecule has 2 heterocycles. The molecule has 0 aliphatic carbocycles. The monoisotopic (exact) mass is 352 g/mol. The Morgan fingerprint density at radius 1 is 1.00 bits per heavy atom. The Bertz CT molecular complexity index is 909. The quantitative estimate of drug-likeness (QED) is 0.667. The van der Waals surface area contributed by atoms with Gasteiger partial charge in [0.05, 0.1) is 0 Å². The van der Waals surface area contributed by atoms with Crippen molar-refractivity contribution >= 4 is 5.97 Å². The van der Waals surface area contributed by atoms with Gasteiger partial charge in [-0.1, -0.05) is 30.3 Å². The molecule has 1 aliphatic rings. The molecule has 2 atom stereocenters. The minimum absolute atomic E-state index is 0.132. The number of rotatable bonds is 4. The van der Waals surface area contributed by atoms with Crippen LogP contribution in [0.25, 0.3) is 11.5 Å². The van der Waals surface area contributed by atoms with Crippen LogP contribution in [0.5, 0.6) is 11.5 Å². The molecule has 0 saturated heterocycles. The van der Waals surface area contributed by atoms with Crippen molar-refractivity contribution in [1.29, 1.82) is 0 Å². The number of nitrogens with zero attached hydrogens (tertiary/aromatic N) is 2. The SMILES string of the molecule is C[C@H]1Oc2ccccc2O[C@@H]1C(=O)OCc1nnc(-c2ccccc2)o1. The Morgan fingerprint density at radius 2 is 1.69 bits per heavy atom. The maximum Gasteiger partial charge on any atom is 0.351 e. The van der Waals surface area contributed by atoms with E-state index in [0.717, 1.165) is 5.56 Å². The second-order valence-corrected chi connectivity index (χ2v) is 5.78. The van der Waals surface area contributed by atoms with Crippen molar-refractivity contribution in [2.75, 3.05) is 0 Å². The number of ether oxygens (including phenoxy) is 3. The first-order valence-corrected chi connectivity index (χ1v) is 8.17. The van der Waals surface area contributed by atoms with Crippen molar-refractivity contribution in [1.82, 2.24) is 10.2 Å². The number of hydrogen-bond acceptors (Lipinski definition) is 7. The molecule has 1 aliphatic heterocycles. The Balaban J connectivity index is 1.39. The highest BCUT2D eigenvalue weighted by Gasteiger charge is 2.35. The van der Waals surface area contributed by atoms with Crippen molar-refractivity contribution in [2.24, 2.45) is 0 Å². The molecule has 1 aromatic heterocycles. The largest absolute Gasteiger partial charge is 0.482 e. The van der Waals surface area contributed by atoms with E-state index in [-0.39, 0.29) is 12.5 Å². The minimum atomic E-state index is -0.860. The van der Waals surface area contributed by atoms with Gasteiger partial charge in [-0.05, 0) is 31.2 Å². The molecule has 0 N–H and O–H groups in total. The van der Waals surface area contributed by atoms with Gasteiger partial charge < -0.3 is 18.6 Å². The Morgan fingerprint density at radius 3 is 2.46 bits per heavy atom. The van der Waals surface area contributed by atoms with E-state index in [2.05, 4.69) is 10.2 Å². The Hall–Kier alpha value is -3.35. The van der Waals surface area contributed by atoms with Crippen LogP contribution in [0.2, 0.25) is 0 Å². The summed E-state index contributed by atoms with van der Waals surface area (Å²) in [5, 5.41) is 7.86. The number of aromatic nitrogens is 2. The summed E-state index contributed by atoms with van der Waals surface area (Å²) in [6.45, 7) is 1.62. The lowest BCUT2D eigenvalue weighted by Crippen LogP contribution is -2.44. The molecular weight excluding hydrogens is 336 g/mol. The second-order valence-electron chi connectivity index (χ2n) is 5.78. The van der Waals surface area contributed by atoms with Crippen molar-refractivity contribution in [2.45, 2.75) is 25.7 Å². The third-order valence-electron chi connectivity index (χ3n) is 3.90.